The Morgan fingerprint density at radius 1 is 1.04 bits per heavy atom. The molecule has 26 heavy (non-hydrogen) atoms. The van der Waals surface area contributed by atoms with E-state index in [1.165, 1.54) is 0 Å². The Hall–Kier alpha value is -3.21. The number of nitrogens with zero attached hydrogens (tertiary/aromatic N) is 1. The van der Waals surface area contributed by atoms with E-state index in [1.54, 1.807) is 12.1 Å². The van der Waals surface area contributed by atoms with Gasteiger partial charge in [-0.15, -0.1) is 0 Å². The monoisotopic (exact) mass is 347 g/mol. The number of pyridine rings is 1. The number of carbonyl (C=O) groups is 2. The van der Waals surface area contributed by atoms with Gasteiger partial charge in [-0.3, -0.25) is 14.6 Å². The SMILES string of the molecule is Cc1cc(C)cc(C(=O)N[C@H](Cc2ccc3ccccc3n2)C(N)=O)c1. The van der Waals surface area contributed by atoms with Gasteiger partial charge in [-0.25, -0.2) is 0 Å². The lowest BCUT2D eigenvalue weighted by Crippen LogP contribution is -2.46. The van der Waals surface area contributed by atoms with Gasteiger partial charge in [-0.05, 0) is 38.1 Å². The topological polar surface area (TPSA) is 85.1 Å². The van der Waals surface area contributed by atoms with E-state index in [2.05, 4.69) is 10.3 Å². The molecule has 132 valence electrons. The van der Waals surface area contributed by atoms with Gasteiger partial charge in [-0.2, -0.15) is 0 Å². The van der Waals surface area contributed by atoms with Gasteiger partial charge < -0.3 is 11.1 Å². The normalized spacial score (nSPS) is 11.9. The van der Waals surface area contributed by atoms with Crippen molar-refractivity contribution in [2.75, 3.05) is 0 Å². The summed E-state index contributed by atoms with van der Waals surface area (Å²) in [5.41, 5.74) is 9.54. The predicted molar refractivity (Wildman–Crippen MR) is 102 cm³/mol. The fourth-order valence-electron chi connectivity index (χ4n) is 3.00. The zero-order valence-electron chi connectivity index (χ0n) is 14.8. The van der Waals surface area contributed by atoms with Gasteiger partial charge in [0.25, 0.3) is 5.91 Å². The molecule has 0 aliphatic heterocycles. The molecule has 0 saturated carbocycles. The van der Waals surface area contributed by atoms with Crippen LogP contribution in [0.3, 0.4) is 0 Å². The summed E-state index contributed by atoms with van der Waals surface area (Å²) in [7, 11) is 0. The summed E-state index contributed by atoms with van der Waals surface area (Å²) in [6.45, 7) is 3.85. The molecule has 5 nitrogen and oxygen atoms in total. The molecule has 1 aromatic heterocycles. The number of rotatable bonds is 5. The third kappa shape index (κ3) is 4.06. The van der Waals surface area contributed by atoms with E-state index in [0.717, 1.165) is 22.0 Å². The molecule has 3 aromatic rings. The molecule has 0 unspecified atom stereocenters. The Kier molecular flexibility index (Phi) is 4.98. The zero-order valence-corrected chi connectivity index (χ0v) is 14.8. The lowest BCUT2D eigenvalue weighted by atomic mass is 10.1. The first kappa shape index (κ1) is 17.6. The number of para-hydroxylation sites is 1. The Labute approximate surface area is 152 Å². The molecular weight excluding hydrogens is 326 g/mol. The predicted octanol–water partition coefficient (Wildman–Crippen LogP) is 2.68. The number of hydrogen-bond donors (Lipinski definition) is 2. The summed E-state index contributed by atoms with van der Waals surface area (Å²) in [6.07, 6.45) is 0.247. The molecule has 3 rings (SSSR count). The Morgan fingerprint density at radius 3 is 2.42 bits per heavy atom. The number of nitrogens with two attached hydrogens (primary N) is 1. The molecule has 0 fully saturated rings. The highest BCUT2D eigenvalue weighted by atomic mass is 16.2. The van der Waals surface area contributed by atoms with Gasteiger partial charge in [0.05, 0.1) is 5.52 Å². The van der Waals surface area contributed by atoms with Gasteiger partial charge in [-0.1, -0.05) is 41.5 Å². The third-order valence-electron chi connectivity index (χ3n) is 4.20. The minimum Gasteiger partial charge on any atom is -0.368 e. The zero-order chi connectivity index (χ0) is 18.7. The second-order valence-electron chi connectivity index (χ2n) is 6.50. The van der Waals surface area contributed by atoms with Crippen LogP contribution in [0.25, 0.3) is 10.9 Å². The van der Waals surface area contributed by atoms with E-state index in [4.69, 9.17) is 5.73 Å². The summed E-state index contributed by atoms with van der Waals surface area (Å²) in [5.74, 6) is -0.904. The van der Waals surface area contributed by atoms with Crippen LogP contribution in [0.2, 0.25) is 0 Å². The van der Waals surface area contributed by atoms with Crippen molar-refractivity contribution < 1.29 is 9.59 Å². The van der Waals surface area contributed by atoms with Crippen LogP contribution in [0.4, 0.5) is 0 Å². The van der Waals surface area contributed by atoms with Crippen molar-refractivity contribution in [3.63, 3.8) is 0 Å². The molecule has 0 spiro atoms. The first-order valence-corrected chi connectivity index (χ1v) is 8.45. The Morgan fingerprint density at radius 2 is 1.73 bits per heavy atom. The summed E-state index contributed by atoms with van der Waals surface area (Å²) in [6, 6.07) is 16.3. The largest absolute Gasteiger partial charge is 0.368 e. The van der Waals surface area contributed by atoms with Crippen LogP contribution in [0.5, 0.6) is 0 Å². The van der Waals surface area contributed by atoms with E-state index in [0.29, 0.717) is 11.3 Å². The smallest absolute Gasteiger partial charge is 0.251 e. The average molecular weight is 347 g/mol. The molecule has 2 aromatic carbocycles. The Balaban J connectivity index is 1.80. The maximum absolute atomic E-state index is 12.5. The molecule has 0 aliphatic rings. The van der Waals surface area contributed by atoms with Gasteiger partial charge >= 0.3 is 0 Å². The van der Waals surface area contributed by atoms with Crippen LogP contribution in [-0.4, -0.2) is 22.8 Å². The number of hydrogen-bond acceptors (Lipinski definition) is 3. The molecule has 5 heteroatoms. The van der Waals surface area contributed by atoms with E-state index in [-0.39, 0.29) is 12.3 Å². The fraction of sp³-hybridized carbons (Fsp3) is 0.190. The minimum absolute atomic E-state index is 0.247. The molecule has 3 N–H and O–H groups in total. The van der Waals surface area contributed by atoms with Crippen LogP contribution >= 0.6 is 0 Å². The number of nitrogens with one attached hydrogen (secondary N) is 1. The maximum Gasteiger partial charge on any atom is 0.251 e. The standard InChI is InChI=1S/C21H21N3O2/c1-13-9-14(2)11-16(10-13)21(26)24-19(20(22)25)12-17-8-7-15-5-3-4-6-18(15)23-17/h3-11,19H,12H2,1-2H3,(H2,22,25)(H,24,26)/t19-/m1/s1. The van der Waals surface area contributed by atoms with E-state index in [1.807, 2.05) is 56.3 Å². The molecule has 0 saturated heterocycles. The molecule has 0 bridgehead atoms. The average Bonchev–Trinajstić information content (AvgIpc) is 2.60. The first-order valence-electron chi connectivity index (χ1n) is 8.45. The summed E-state index contributed by atoms with van der Waals surface area (Å²) in [4.78, 5) is 28.9. The van der Waals surface area contributed by atoms with Gasteiger partial charge in [0.1, 0.15) is 6.04 Å². The second-order valence-corrected chi connectivity index (χ2v) is 6.50. The number of aryl methyl sites for hydroxylation is 2. The van der Waals surface area contributed by atoms with Crippen molar-refractivity contribution in [3.05, 3.63) is 77.0 Å². The number of primary amides is 1. The molecule has 0 radical (unpaired) electrons. The molecular formula is C21H21N3O2. The summed E-state index contributed by atoms with van der Waals surface area (Å²) in [5, 5.41) is 3.75. The number of fused-ring (bicyclic) bond motifs is 1. The molecule has 1 heterocycles. The number of benzene rings is 2. The number of carbonyl (C=O) groups excluding carboxylic acids is 2. The molecule has 0 aliphatic carbocycles. The fourth-order valence-corrected chi connectivity index (χ4v) is 3.00. The van der Waals surface area contributed by atoms with Crippen molar-refractivity contribution in [2.24, 2.45) is 5.73 Å². The molecule has 1 atom stereocenters. The number of amides is 2. The van der Waals surface area contributed by atoms with Gasteiger partial charge in [0.15, 0.2) is 0 Å². The maximum atomic E-state index is 12.5. The van der Waals surface area contributed by atoms with Crippen LogP contribution in [0.1, 0.15) is 27.2 Å². The van der Waals surface area contributed by atoms with Crippen LogP contribution in [0, 0.1) is 13.8 Å². The van der Waals surface area contributed by atoms with Crippen LogP contribution < -0.4 is 11.1 Å². The van der Waals surface area contributed by atoms with E-state index >= 15 is 0 Å². The van der Waals surface area contributed by atoms with Crippen LogP contribution in [0.15, 0.2) is 54.6 Å². The number of aromatic nitrogens is 1. The van der Waals surface area contributed by atoms with Gasteiger partial charge in [0, 0.05) is 23.1 Å². The highest BCUT2D eigenvalue weighted by Crippen LogP contribution is 2.13. The van der Waals surface area contributed by atoms with Crippen molar-refractivity contribution in [1.29, 1.82) is 0 Å². The quantitative estimate of drug-likeness (QED) is 0.744. The van der Waals surface area contributed by atoms with E-state index < -0.39 is 11.9 Å². The van der Waals surface area contributed by atoms with Crippen molar-refractivity contribution in [3.8, 4) is 0 Å². The lowest BCUT2D eigenvalue weighted by molar-refractivity contribution is -0.119. The highest BCUT2D eigenvalue weighted by molar-refractivity contribution is 5.97. The minimum atomic E-state index is -0.822. The van der Waals surface area contributed by atoms with Crippen molar-refractivity contribution in [1.82, 2.24) is 10.3 Å². The van der Waals surface area contributed by atoms with Crippen LogP contribution in [-0.2, 0) is 11.2 Å². The van der Waals surface area contributed by atoms with Gasteiger partial charge in [0.2, 0.25) is 5.91 Å². The Bertz CT molecular complexity index is 962. The van der Waals surface area contributed by atoms with E-state index in [9.17, 15) is 9.59 Å². The lowest BCUT2D eigenvalue weighted by Gasteiger charge is -2.16. The summed E-state index contributed by atoms with van der Waals surface area (Å²) < 4.78 is 0. The third-order valence-corrected chi connectivity index (χ3v) is 4.20. The first-order chi connectivity index (χ1) is 12.4. The molecule has 2 amide bonds. The highest BCUT2D eigenvalue weighted by Gasteiger charge is 2.20. The van der Waals surface area contributed by atoms with Crippen molar-refractivity contribution >= 4 is 22.7 Å². The summed E-state index contributed by atoms with van der Waals surface area (Å²) >= 11 is 0. The second kappa shape index (κ2) is 7.35. The van der Waals surface area contributed by atoms with Crippen molar-refractivity contribution in [2.45, 2.75) is 26.3 Å².